The largest absolute Gasteiger partial charge is 0.330 e. The number of aromatic nitrogens is 2. The molecule has 0 saturated heterocycles. The summed E-state index contributed by atoms with van der Waals surface area (Å²) in [6.45, 7) is 9.03. The first-order valence-corrected chi connectivity index (χ1v) is 10.0. The Balaban J connectivity index is 2.27. The predicted molar refractivity (Wildman–Crippen MR) is 91.7 cm³/mol. The van der Waals surface area contributed by atoms with Crippen LogP contribution in [0.3, 0.4) is 0 Å². The minimum Gasteiger partial charge on any atom is -0.330 e. The standard InChI is InChI=1S/C16H30N4O2S/c1-11(2)10-20-13(4)16(12(3)18-20)23(21,22)19-15-8-6-5-7-14(15)9-17/h11,14-15,19H,5-10,17H2,1-4H3. The minimum absolute atomic E-state index is 0.0639. The van der Waals surface area contributed by atoms with Gasteiger partial charge in [0, 0.05) is 12.6 Å². The summed E-state index contributed by atoms with van der Waals surface area (Å²) < 4.78 is 30.5. The molecule has 1 heterocycles. The Hall–Kier alpha value is -0.920. The van der Waals surface area contributed by atoms with Gasteiger partial charge in [0.15, 0.2) is 0 Å². The maximum atomic E-state index is 12.9. The van der Waals surface area contributed by atoms with Gasteiger partial charge in [-0.25, -0.2) is 13.1 Å². The van der Waals surface area contributed by atoms with Gasteiger partial charge in [-0.05, 0) is 45.1 Å². The average Bonchev–Trinajstić information content (AvgIpc) is 2.73. The summed E-state index contributed by atoms with van der Waals surface area (Å²) in [6.07, 6.45) is 4.03. The van der Waals surface area contributed by atoms with Gasteiger partial charge in [0.05, 0.1) is 11.4 Å². The molecule has 0 aliphatic heterocycles. The molecule has 0 radical (unpaired) electrons. The molecule has 0 bridgehead atoms. The van der Waals surface area contributed by atoms with Crippen LogP contribution in [0.15, 0.2) is 4.90 Å². The van der Waals surface area contributed by atoms with Gasteiger partial charge >= 0.3 is 0 Å². The summed E-state index contributed by atoms with van der Waals surface area (Å²) >= 11 is 0. The van der Waals surface area contributed by atoms with E-state index in [1.165, 1.54) is 0 Å². The van der Waals surface area contributed by atoms with Crippen molar-refractivity contribution in [1.29, 1.82) is 0 Å². The van der Waals surface area contributed by atoms with Crippen molar-refractivity contribution in [2.24, 2.45) is 17.6 Å². The molecule has 1 saturated carbocycles. The van der Waals surface area contributed by atoms with E-state index < -0.39 is 10.0 Å². The van der Waals surface area contributed by atoms with Crippen LogP contribution in [0.1, 0.15) is 50.9 Å². The lowest BCUT2D eigenvalue weighted by molar-refractivity contribution is 0.296. The average molecular weight is 343 g/mol. The van der Waals surface area contributed by atoms with Crippen molar-refractivity contribution in [2.45, 2.75) is 70.9 Å². The van der Waals surface area contributed by atoms with E-state index >= 15 is 0 Å². The molecule has 2 rings (SSSR count). The smallest absolute Gasteiger partial charge is 0.244 e. The lowest BCUT2D eigenvalue weighted by atomic mass is 9.85. The van der Waals surface area contributed by atoms with Crippen molar-refractivity contribution in [3.63, 3.8) is 0 Å². The number of nitrogens with two attached hydrogens (primary N) is 1. The summed E-state index contributed by atoms with van der Waals surface area (Å²) in [7, 11) is -3.57. The SMILES string of the molecule is Cc1nn(CC(C)C)c(C)c1S(=O)(=O)NC1CCCCC1CN. The molecule has 1 fully saturated rings. The molecular formula is C16H30N4O2S. The van der Waals surface area contributed by atoms with Crippen molar-refractivity contribution in [3.05, 3.63) is 11.4 Å². The number of aryl methyl sites for hydroxylation is 1. The Morgan fingerprint density at radius 3 is 2.57 bits per heavy atom. The summed E-state index contributed by atoms with van der Waals surface area (Å²) in [5, 5.41) is 4.42. The van der Waals surface area contributed by atoms with Crippen molar-refractivity contribution in [3.8, 4) is 0 Å². The first-order chi connectivity index (χ1) is 10.8. The quantitative estimate of drug-likeness (QED) is 0.827. The maximum absolute atomic E-state index is 12.9. The number of rotatable bonds is 6. The maximum Gasteiger partial charge on any atom is 0.244 e. The van der Waals surface area contributed by atoms with Crippen LogP contribution in [0.5, 0.6) is 0 Å². The van der Waals surface area contributed by atoms with Crippen LogP contribution in [-0.4, -0.2) is 30.8 Å². The predicted octanol–water partition coefficient (Wildman–Crippen LogP) is 1.95. The van der Waals surface area contributed by atoms with Gasteiger partial charge in [-0.15, -0.1) is 0 Å². The van der Waals surface area contributed by atoms with Crippen LogP contribution in [-0.2, 0) is 16.6 Å². The molecule has 1 aliphatic carbocycles. The first-order valence-electron chi connectivity index (χ1n) is 8.52. The highest BCUT2D eigenvalue weighted by Crippen LogP contribution is 2.27. The van der Waals surface area contributed by atoms with Crippen molar-refractivity contribution in [2.75, 3.05) is 6.54 Å². The number of sulfonamides is 1. The van der Waals surface area contributed by atoms with Gasteiger partial charge in [-0.3, -0.25) is 4.68 Å². The highest BCUT2D eigenvalue weighted by Gasteiger charge is 2.31. The Kier molecular flexibility index (Phi) is 5.86. The third kappa shape index (κ3) is 4.14. The number of hydrogen-bond acceptors (Lipinski definition) is 4. The highest BCUT2D eigenvalue weighted by atomic mass is 32.2. The Labute approximate surface area is 139 Å². The number of hydrogen-bond donors (Lipinski definition) is 2. The normalized spacial score (nSPS) is 22.7. The van der Waals surface area contributed by atoms with Crippen LogP contribution in [0.4, 0.5) is 0 Å². The molecule has 1 aliphatic rings. The monoisotopic (exact) mass is 342 g/mol. The van der Waals surface area contributed by atoms with Gasteiger partial charge in [0.1, 0.15) is 4.90 Å². The lowest BCUT2D eigenvalue weighted by Crippen LogP contribution is -2.44. The van der Waals surface area contributed by atoms with E-state index in [9.17, 15) is 8.42 Å². The summed E-state index contributed by atoms with van der Waals surface area (Å²) in [5.41, 5.74) is 7.10. The van der Waals surface area contributed by atoms with Crippen LogP contribution >= 0.6 is 0 Å². The molecule has 0 amide bonds. The topological polar surface area (TPSA) is 90.0 Å². The van der Waals surface area contributed by atoms with Gasteiger partial charge < -0.3 is 5.73 Å². The molecule has 1 aromatic rings. The summed E-state index contributed by atoms with van der Waals surface area (Å²) in [4.78, 5) is 0.333. The minimum atomic E-state index is -3.57. The van der Waals surface area contributed by atoms with Crippen LogP contribution < -0.4 is 10.5 Å². The molecule has 3 N–H and O–H groups in total. The third-order valence-corrected chi connectivity index (χ3v) is 6.38. The fraction of sp³-hybridized carbons (Fsp3) is 0.812. The molecule has 6 nitrogen and oxygen atoms in total. The molecule has 7 heteroatoms. The number of nitrogens with one attached hydrogen (secondary N) is 1. The van der Waals surface area contributed by atoms with E-state index in [0.717, 1.165) is 32.2 Å². The molecular weight excluding hydrogens is 312 g/mol. The van der Waals surface area contributed by atoms with Crippen molar-refractivity contribution < 1.29 is 8.42 Å². The molecule has 132 valence electrons. The highest BCUT2D eigenvalue weighted by molar-refractivity contribution is 7.89. The molecule has 1 aromatic heterocycles. The Morgan fingerprint density at radius 2 is 1.96 bits per heavy atom. The third-order valence-electron chi connectivity index (χ3n) is 4.64. The molecule has 23 heavy (non-hydrogen) atoms. The van der Waals surface area contributed by atoms with E-state index in [1.807, 2.05) is 6.92 Å². The fourth-order valence-electron chi connectivity index (χ4n) is 3.50. The zero-order valence-corrected chi connectivity index (χ0v) is 15.5. The van der Waals surface area contributed by atoms with Gasteiger partial charge in [0.2, 0.25) is 10.0 Å². The van der Waals surface area contributed by atoms with Gasteiger partial charge in [-0.1, -0.05) is 26.7 Å². The first kappa shape index (κ1) is 18.4. The fourth-order valence-corrected chi connectivity index (χ4v) is 5.25. The summed E-state index contributed by atoms with van der Waals surface area (Å²) in [5.74, 6) is 0.640. The zero-order chi connectivity index (χ0) is 17.2. The van der Waals surface area contributed by atoms with Crippen LogP contribution in [0.2, 0.25) is 0 Å². The van der Waals surface area contributed by atoms with Crippen LogP contribution in [0, 0.1) is 25.7 Å². The van der Waals surface area contributed by atoms with Crippen molar-refractivity contribution >= 4 is 10.0 Å². The second kappa shape index (κ2) is 7.32. The van der Waals surface area contributed by atoms with E-state index in [0.29, 0.717) is 28.7 Å². The second-order valence-corrected chi connectivity index (χ2v) is 8.73. The Morgan fingerprint density at radius 1 is 1.30 bits per heavy atom. The van der Waals surface area contributed by atoms with E-state index in [1.54, 1.807) is 11.6 Å². The van der Waals surface area contributed by atoms with Crippen LogP contribution in [0.25, 0.3) is 0 Å². The molecule has 0 aromatic carbocycles. The van der Waals surface area contributed by atoms with E-state index in [4.69, 9.17) is 5.73 Å². The molecule has 2 atom stereocenters. The number of nitrogens with zero attached hydrogens (tertiary/aromatic N) is 2. The Bertz CT molecular complexity index is 637. The molecule has 0 spiro atoms. The summed E-state index contributed by atoms with van der Waals surface area (Å²) in [6, 6.07) is -0.0639. The van der Waals surface area contributed by atoms with Gasteiger partial charge in [0.25, 0.3) is 0 Å². The van der Waals surface area contributed by atoms with E-state index in [-0.39, 0.29) is 12.0 Å². The van der Waals surface area contributed by atoms with E-state index in [2.05, 4.69) is 23.7 Å². The van der Waals surface area contributed by atoms with Crippen molar-refractivity contribution in [1.82, 2.24) is 14.5 Å². The van der Waals surface area contributed by atoms with Gasteiger partial charge in [-0.2, -0.15) is 5.10 Å². The zero-order valence-electron chi connectivity index (χ0n) is 14.7. The lowest BCUT2D eigenvalue weighted by Gasteiger charge is -2.31. The second-order valence-electron chi connectivity index (χ2n) is 7.08. The molecule has 2 unspecified atom stereocenters.